The van der Waals surface area contributed by atoms with E-state index < -0.39 is 0 Å². The van der Waals surface area contributed by atoms with E-state index in [2.05, 4.69) is 10.1 Å². The Kier molecular flexibility index (Phi) is 3.42. The normalized spacial score (nSPS) is 15.3. The summed E-state index contributed by atoms with van der Waals surface area (Å²) in [7, 11) is 1.60. The first-order valence-corrected chi connectivity index (χ1v) is 6.38. The van der Waals surface area contributed by atoms with E-state index in [1.165, 1.54) is 0 Å². The summed E-state index contributed by atoms with van der Waals surface area (Å²) < 4.78 is 15.8. The number of rotatable bonds is 3. The molecule has 0 bridgehead atoms. The minimum Gasteiger partial charge on any atom is -0.497 e. The van der Waals surface area contributed by atoms with Gasteiger partial charge < -0.3 is 24.6 Å². The smallest absolute Gasteiger partial charge is 0.266 e. The molecule has 1 fully saturated rings. The molecule has 20 heavy (non-hydrogen) atoms. The molecule has 0 aliphatic carbocycles. The first kappa shape index (κ1) is 12.7. The summed E-state index contributed by atoms with van der Waals surface area (Å²) in [5.74, 6) is 1.65. The van der Waals surface area contributed by atoms with Crippen LogP contribution in [0.3, 0.4) is 0 Å². The van der Waals surface area contributed by atoms with Crippen molar-refractivity contribution in [2.24, 2.45) is 0 Å². The van der Waals surface area contributed by atoms with Crippen molar-refractivity contribution in [3.05, 3.63) is 18.2 Å². The number of nitrogen functional groups attached to an aromatic ring is 1. The third kappa shape index (κ3) is 2.39. The van der Waals surface area contributed by atoms with Gasteiger partial charge in [0.1, 0.15) is 5.75 Å². The van der Waals surface area contributed by atoms with Crippen LogP contribution in [0.25, 0.3) is 11.5 Å². The van der Waals surface area contributed by atoms with Gasteiger partial charge in [-0.25, -0.2) is 0 Å². The van der Waals surface area contributed by atoms with Crippen LogP contribution in [-0.4, -0.2) is 43.6 Å². The van der Waals surface area contributed by atoms with Gasteiger partial charge in [-0.05, 0) is 23.4 Å². The molecule has 0 spiro atoms. The number of nitrogens with two attached hydrogens (primary N) is 1. The van der Waals surface area contributed by atoms with Gasteiger partial charge in [0.25, 0.3) is 11.8 Å². The maximum Gasteiger partial charge on any atom is 0.266 e. The highest BCUT2D eigenvalue weighted by Gasteiger charge is 2.19. The van der Waals surface area contributed by atoms with Crippen LogP contribution in [0.4, 0.5) is 11.6 Å². The molecule has 2 heterocycles. The summed E-state index contributed by atoms with van der Waals surface area (Å²) in [6, 6.07) is 5.33. The van der Waals surface area contributed by atoms with Gasteiger partial charge in [-0.15, -0.1) is 0 Å². The topological polar surface area (TPSA) is 86.6 Å². The Bertz CT molecular complexity index is 593. The van der Waals surface area contributed by atoms with E-state index >= 15 is 0 Å². The van der Waals surface area contributed by atoms with E-state index in [0.29, 0.717) is 42.1 Å². The molecule has 1 aromatic heterocycles. The second kappa shape index (κ2) is 5.38. The molecule has 1 saturated heterocycles. The molecule has 3 rings (SSSR count). The van der Waals surface area contributed by atoms with Crippen molar-refractivity contribution >= 4 is 11.6 Å². The minimum absolute atomic E-state index is 0.392. The lowest BCUT2D eigenvalue weighted by Crippen LogP contribution is -2.36. The minimum atomic E-state index is 0.392. The van der Waals surface area contributed by atoms with Gasteiger partial charge in [-0.2, -0.15) is 4.98 Å². The molecule has 1 aromatic carbocycles. The molecule has 0 radical (unpaired) electrons. The zero-order valence-electron chi connectivity index (χ0n) is 11.2. The van der Waals surface area contributed by atoms with Crippen LogP contribution in [-0.2, 0) is 4.74 Å². The van der Waals surface area contributed by atoms with Gasteiger partial charge in [0.2, 0.25) is 0 Å². The molecular formula is C13H16N4O3. The van der Waals surface area contributed by atoms with E-state index in [1.54, 1.807) is 25.3 Å². The average molecular weight is 276 g/mol. The first-order chi connectivity index (χ1) is 9.78. The maximum atomic E-state index is 5.95. The third-order valence-corrected chi connectivity index (χ3v) is 3.20. The van der Waals surface area contributed by atoms with Crippen molar-refractivity contribution in [1.29, 1.82) is 0 Å². The van der Waals surface area contributed by atoms with Gasteiger partial charge in [0.05, 0.1) is 25.9 Å². The SMILES string of the molecule is COc1ccc(N)c(-c2nc(N3CCOCC3)no2)c1. The number of hydrogen-bond acceptors (Lipinski definition) is 7. The van der Waals surface area contributed by atoms with Gasteiger partial charge in [-0.3, -0.25) is 0 Å². The molecule has 7 nitrogen and oxygen atoms in total. The molecule has 2 N–H and O–H groups in total. The Morgan fingerprint density at radius 1 is 1.30 bits per heavy atom. The molecule has 7 heteroatoms. The lowest BCUT2D eigenvalue weighted by Gasteiger charge is -2.24. The predicted octanol–water partition coefficient (Wildman–Crippen LogP) is 1.16. The quantitative estimate of drug-likeness (QED) is 0.842. The van der Waals surface area contributed by atoms with Crippen molar-refractivity contribution in [1.82, 2.24) is 10.1 Å². The fourth-order valence-electron chi connectivity index (χ4n) is 2.06. The fourth-order valence-corrected chi connectivity index (χ4v) is 2.06. The summed E-state index contributed by atoms with van der Waals surface area (Å²) in [5.41, 5.74) is 7.20. The van der Waals surface area contributed by atoms with Crippen LogP contribution in [0.2, 0.25) is 0 Å². The zero-order chi connectivity index (χ0) is 13.9. The number of hydrogen-bond donors (Lipinski definition) is 1. The van der Waals surface area contributed by atoms with E-state index in [-0.39, 0.29) is 0 Å². The van der Waals surface area contributed by atoms with Crippen LogP contribution in [0.1, 0.15) is 0 Å². The molecule has 1 aliphatic heterocycles. The standard InChI is InChI=1S/C13H16N4O3/c1-18-9-2-3-11(14)10(8-9)12-15-13(16-20-12)17-4-6-19-7-5-17/h2-3,8H,4-7,14H2,1H3. The highest BCUT2D eigenvalue weighted by atomic mass is 16.5. The highest BCUT2D eigenvalue weighted by Crippen LogP contribution is 2.29. The number of methoxy groups -OCH3 is 1. The Morgan fingerprint density at radius 2 is 2.10 bits per heavy atom. The van der Waals surface area contributed by atoms with Crippen LogP contribution in [0.5, 0.6) is 5.75 Å². The van der Waals surface area contributed by atoms with Gasteiger partial charge >= 0.3 is 0 Å². The zero-order valence-corrected chi connectivity index (χ0v) is 11.2. The molecule has 0 saturated carbocycles. The molecule has 1 aliphatic rings. The largest absolute Gasteiger partial charge is 0.497 e. The number of aromatic nitrogens is 2. The van der Waals surface area contributed by atoms with E-state index in [9.17, 15) is 0 Å². The van der Waals surface area contributed by atoms with Crippen molar-refractivity contribution in [2.45, 2.75) is 0 Å². The molecule has 0 atom stereocenters. The van der Waals surface area contributed by atoms with Crippen molar-refractivity contribution in [3.63, 3.8) is 0 Å². The van der Waals surface area contributed by atoms with Crippen LogP contribution >= 0.6 is 0 Å². The Balaban J connectivity index is 1.89. The van der Waals surface area contributed by atoms with Crippen LogP contribution in [0, 0.1) is 0 Å². The Hall–Kier alpha value is -2.28. The summed E-state index contributed by atoms with van der Waals surface area (Å²) in [5, 5.41) is 4.00. The lowest BCUT2D eigenvalue weighted by atomic mass is 10.1. The Labute approximate surface area is 116 Å². The maximum absolute atomic E-state index is 5.95. The van der Waals surface area contributed by atoms with E-state index in [0.717, 1.165) is 13.1 Å². The third-order valence-electron chi connectivity index (χ3n) is 3.20. The number of benzene rings is 1. The summed E-state index contributed by atoms with van der Waals surface area (Å²) in [6.45, 7) is 2.86. The van der Waals surface area contributed by atoms with Crippen molar-refractivity contribution in [2.75, 3.05) is 44.0 Å². The summed E-state index contributed by atoms with van der Waals surface area (Å²) in [4.78, 5) is 6.42. The molecule has 2 aromatic rings. The van der Waals surface area contributed by atoms with Gasteiger partial charge in [0, 0.05) is 18.8 Å². The van der Waals surface area contributed by atoms with Crippen molar-refractivity contribution < 1.29 is 14.0 Å². The van der Waals surface area contributed by atoms with E-state index in [1.807, 2.05) is 4.90 Å². The number of morpholine rings is 1. The lowest BCUT2D eigenvalue weighted by molar-refractivity contribution is 0.121. The number of ether oxygens (including phenoxy) is 2. The van der Waals surface area contributed by atoms with Crippen molar-refractivity contribution in [3.8, 4) is 17.2 Å². The first-order valence-electron chi connectivity index (χ1n) is 6.38. The number of nitrogens with zero attached hydrogens (tertiary/aromatic N) is 3. The summed E-state index contributed by atoms with van der Waals surface area (Å²) >= 11 is 0. The van der Waals surface area contributed by atoms with Crippen LogP contribution in [0.15, 0.2) is 22.7 Å². The van der Waals surface area contributed by atoms with Gasteiger partial charge in [-0.1, -0.05) is 0 Å². The molecule has 106 valence electrons. The molecule has 0 amide bonds. The fraction of sp³-hybridized carbons (Fsp3) is 0.385. The van der Waals surface area contributed by atoms with E-state index in [4.69, 9.17) is 19.7 Å². The summed E-state index contributed by atoms with van der Waals surface area (Å²) in [6.07, 6.45) is 0. The molecule has 0 unspecified atom stereocenters. The average Bonchev–Trinajstić information content (AvgIpc) is 2.98. The monoisotopic (exact) mass is 276 g/mol. The molecular weight excluding hydrogens is 260 g/mol. The predicted molar refractivity (Wildman–Crippen MR) is 73.7 cm³/mol. The second-order valence-corrected chi connectivity index (χ2v) is 4.45. The second-order valence-electron chi connectivity index (χ2n) is 4.45. The van der Waals surface area contributed by atoms with Gasteiger partial charge in [0.15, 0.2) is 0 Å². The van der Waals surface area contributed by atoms with Crippen LogP contribution < -0.4 is 15.4 Å². The highest BCUT2D eigenvalue weighted by molar-refractivity contribution is 5.72. The Morgan fingerprint density at radius 3 is 2.85 bits per heavy atom. The number of anilines is 2.